The van der Waals surface area contributed by atoms with E-state index in [1.54, 1.807) is 85.2 Å². The van der Waals surface area contributed by atoms with Gasteiger partial charge in [0, 0.05) is 36.2 Å². The minimum absolute atomic E-state index is 0.225. The maximum atomic E-state index is 12.3. The molecule has 0 fully saturated rings. The van der Waals surface area contributed by atoms with E-state index in [-0.39, 0.29) is 11.8 Å². The molecular formula is C34H24N4O4. The number of anilines is 2. The van der Waals surface area contributed by atoms with Gasteiger partial charge in [0.05, 0.1) is 11.1 Å². The number of benzene rings is 4. The zero-order valence-corrected chi connectivity index (χ0v) is 22.2. The Morgan fingerprint density at radius 1 is 0.500 bits per heavy atom. The maximum absolute atomic E-state index is 12.3. The fourth-order valence-corrected chi connectivity index (χ4v) is 4.21. The summed E-state index contributed by atoms with van der Waals surface area (Å²) in [5.74, 6) is 2.22. The van der Waals surface area contributed by atoms with E-state index in [2.05, 4.69) is 20.6 Å². The summed E-state index contributed by atoms with van der Waals surface area (Å²) < 4.78 is 12.1. The van der Waals surface area contributed by atoms with Crippen LogP contribution in [0.25, 0.3) is 10.8 Å². The number of nitrogens with one attached hydrogen (secondary N) is 2. The van der Waals surface area contributed by atoms with E-state index in [1.807, 2.05) is 36.4 Å². The Morgan fingerprint density at radius 2 is 0.905 bits per heavy atom. The topological polar surface area (TPSA) is 102 Å². The number of fused-ring (bicyclic) bond motifs is 1. The molecule has 42 heavy (non-hydrogen) atoms. The molecule has 0 radical (unpaired) electrons. The number of pyridine rings is 2. The van der Waals surface area contributed by atoms with Gasteiger partial charge in [-0.3, -0.25) is 19.6 Å². The number of carbonyl (C=O) groups is 2. The zero-order chi connectivity index (χ0) is 28.7. The minimum Gasteiger partial charge on any atom is -0.457 e. The first kappa shape index (κ1) is 26.2. The van der Waals surface area contributed by atoms with E-state index >= 15 is 0 Å². The largest absolute Gasteiger partial charge is 0.457 e. The molecule has 0 atom stereocenters. The first-order valence-corrected chi connectivity index (χ1v) is 13.1. The molecule has 6 rings (SSSR count). The molecule has 6 aromatic rings. The van der Waals surface area contributed by atoms with Crippen LogP contribution in [0, 0.1) is 0 Å². The number of aromatic nitrogens is 2. The molecule has 2 aromatic heterocycles. The molecule has 0 unspecified atom stereocenters. The Labute approximate surface area is 241 Å². The van der Waals surface area contributed by atoms with Gasteiger partial charge in [-0.25, -0.2) is 0 Å². The number of ether oxygens (including phenoxy) is 2. The van der Waals surface area contributed by atoms with Gasteiger partial charge in [0.25, 0.3) is 11.8 Å². The fourth-order valence-electron chi connectivity index (χ4n) is 4.21. The van der Waals surface area contributed by atoms with Crippen molar-refractivity contribution >= 4 is 34.0 Å². The van der Waals surface area contributed by atoms with Crippen molar-refractivity contribution in [1.29, 1.82) is 0 Å². The van der Waals surface area contributed by atoms with Gasteiger partial charge in [0.2, 0.25) is 0 Å². The van der Waals surface area contributed by atoms with Crippen LogP contribution in [0.3, 0.4) is 0 Å². The van der Waals surface area contributed by atoms with Crippen molar-refractivity contribution in [2.45, 2.75) is 0 Å². The first-order chi connectivity index (χ1) is 20.6. The Hall–Kier alpha value is -6.02. The van der Waals surface area contributed by atoms with Gasteiger partial charge in [-0.15, -0.1) is 0 Å². The van der Waals surface area contributed by atoms with Crippen molar-refractivity contribution in [1.82, 2.24) is 9.97 Å². The van der Waals surface area contributed by atoms with Crippen molar-refractivity contribution in [2.75, 3.05) is 10.6 Å². The Balaban J connectivity index is 1.06. The summed E-state index contributed by atoms with van der Waals surface area (Å²) in [6.45, 7) is 0. The lowest BCUT2D eigenvalue weighted by Crippen LogP contribution is -2.11. The van der Waals surface area contributed by atoms with Crippen LogP contribution in [0.15, 0.2) is 134 Å². The number of nitrogens with zero attached hydrogens (tertiary/aromatic N) is 2. The molecule has 0 aliphatic rings. The highest BCUT2D eigenvalue weighted by molar-refractivity contribution is 6.04. The third-order valence-corrected chi connectivity index (χ3v) is 6.33. The van der Waals surface area contributed by atoms with Crippen molar-refractivity contribution in [3.63, 3.8) is 0 Å². The Bertz CT molecular complexity index is 1710. The average Bonchev–Trinajstić information content (AvgIpc) is 3.04. The number of rotatable bonds is 8. The SMILES string of the molecule is O=C(Nc1ccc(Oc2ccc3cc(Oc4ccc(NC(=O)c5cccnc5)cc4)ccc3c2)cc1)c1cccnc1. The van der Waals surface area contributed by atoms with Gasteiger partial charge in [0.1, 0.15) is 23.0 Å². The molecule has 0 aliphatic carbocycles. The second kappa shape index (κ2) is 12.0. The average molecular weight is 553 g/mol. The second-order valence-electron chi connectivity index (χ2n) is 9.32. The highest BCUT2D eigenvalue weighted by Crippen LogP contribution is 2.31. The molecule has 8 nitrogen and oxygen atoms in total. The van der Waals surface area contributed by atoms with Crippen molar-refractivity contribution in [3.05, 3.63) is 145 Å². The second-order valence-corrected chi connectivity index (χ2v) is 9.32. The smallest absolute Gasteiger partial charge is 0.257 e. The highest BCUT2D eigenvalue weighted by atomic mass is 16.5. The van der Waals surface area contributed by atoms with E-state index in [4.69, 9.17) is 9.47 Å². The van der Waals surface area contributed by atoms with Crippen LogP contribution in [-0.2, 0) is 0 Å². The van der Waals surface area contributed by atoms with Crippen LogP contribution in [0.5, 0.6) is 23.0 Å². The van der Waals surface area contributed by atoms with Gasteiger partial charge in [-0.2, -0.15) is 0 Å². The van der Waals surface area contributed by atoms with Crippen molar-refractivity contribution < 1.29 is 19.1 Å². The van der Waals surface area contributed by atoms with Gasteiger partial charge in [-0.1, -0.05) is 12.1 Å². The van der Waals surface area contributed by atoms with E-state index in [1.165, 1.54) is 12.4 Å². The Morgan fingerprint density at radius 3 is 1.29 bits per heavy atom. The molecular weight excluding hydrogens is 528 g/mol. The number of hydrogen-bond donors (Lipinski definition) is 2. The molecule has 0 saturated carbocycles. The lowest BCUT2D eigenvalue weighted by Gasteiger charge is -2.11. The van der Waals surface area contributed by atoms with Crippen LogP contribution in [0.4, 0.5) is 11.4 Å². The standard InChI is InChI=1S/C34H24N4O4/c39-33(25-3-1-17-35-21-25)37-27-7-13-29(14-8-27)41-31-11-5-24-20-32(12-6-23(24)19-31)42-30-15-9-28(10-16-30)38-34(40)26-4-2-18-36-22-26/h1-22H,(H,37,39)(H,38,40). The van der Waals surface area contributed by atoms with E-state index in [0.29, 0.717) is 45.5 Å². The predicted molar refractivity (Wildman–Crippen MR) is 161 cm³/mol. The van der Waals surface area contributed by atoms with Crippen LogP contribution < -0.4 is 20.1 Å². The van der Waals surface area contributed by atoms with Crippen LogP contribution in [-0.4, -0.2) is 21.8 Å². The summed E-state index contributed by atoms with van der Waals surface area (Å²) in [5, 5.41) is 7.68. The number of carbonyl (C=O) groups excluding carboxylic acids is 2. The van der Waals surface area contributed by atoms with E-state index in [0.717, 1.165) is 10.8 Å². The van der Waals surface area contributed by atoms with Crippen molar-refractivity contribution in [2.24, 2.45) is 0 Å². The molecule has 2 heterocycles. The van der Waals surface area contributed by atoms with E-state index in [9.17, 15) is 9.59 Å². The summed E-state index contributed by atoms with van der Waals surface area (Å²) in [7, 11) is 0. The molecule has 2 amide bonds. The molecule has 4 aromatic carbocycles. The third-order valence-electron chi connectivity index (χ3n) is 6.33. The minimum atomic E-state index is -0.225. The van der Waals surface area contributed by atoms with Crippen molar-refractivity contribution in [3.8, 4) is 23.0 Å². The van der Waals surface area contributed by atoms with Crippen LogP contribution >= 0.6 is 0 Å². The molecule has 0 saturated heterocycles. The lowest BCUT2D eigenvalue weighted by molar-refractivity contribution is 0.101. The summed E-state index contributed by atoms with van der Waals surface area (Å²) in [4.78, 5) is 32.6. The van der Waals surface area contributed by atoms with Crippen LogP contribution in [0.1, 0.15) is 20.7 Å². The van der Waals surface area contributed by atoms with Gasteiger partial charge >= 0.3 is 0 Å². The quantitative estimate of drug-likeness (QED) is 0.200. The normalized spacial score (nSPS) is 10.6. The molecule has 0 bridgehead atoms. The third kappa shape index (κ3) is 6.40. The van der Waals surface area contributed by atoms with Gasteiger partial charge in [0.15, 0.2) is 0 Å². The van der Waals surface area contributed by atoms with Gasteiger partial charge < -0.3 is 20.1 Å². The fraction of sp³-hybridized carbons (Fsp3) is 0. The highest BCUT2D eigenvalue weighted by Gasteiger charge is 2.08. The summed E-state index contributed by atoms with van der Waals surface area (Å²) in [6, 6.07) is 32.8. The maximum Gasteiger partial charge on any atom is 0.257 e. The van der Waals surface area contributed by atoms with Crippen LogP contribution in [0.2, 0.25) is 0 Å². The molecule has 0 aliphatic heterocycles. The molecule has 0 spiro atoms. The first-order valence-electron chi connectivity index (χ1n) is 13.1. The molecule has 204 valence electrons. The summed E-state index contributed by atoms with van der Waals surface area (Å²) in [6.07, 6.45) is 6.29. The zero-order valence-electron chi connectivity index (χ0n) is 22.2. The summed E-state index contributed by atoms with van der Waals surface area (Å²) >= 11 is 0. The monoisotopic (exact) mass is 552 g/mol. The molecule has 2 N–H and O–H groups in total. The summed E-state index contributed by atoms with van der Waals surface area (Å²) in [5.41, 5.74) is 2.30. The number of amides is 2. The predicted octanol–water partition coefficient (Wildman–Crippen LogP) is 7.72. The molecule has 8 heteroatoms. The number of hydrogen-bond acceptors (Lipinski definition) is 6. The lowest BCUT2D eigenvalue weighted by atomic mass is 10.1. The van der Waals surface area contributed by atoms with Gasteiger partial charge in [-0.05, 0) is 108 Å². The van der Waals surface area contributed by atoms with E-state index < -0.39 is 0 Å². The Kier molecular flexibility index (Phi) is 7.50.